The van der Waals surface area contributed by atoms with Crippen LogP contribution in [0.5, 0.6) is 5.75 Å². The van der Waals surface area contributed by atoms with Gasteiger partial charge in [0.1, 0.15) is 11.4 Å². The first kappa shape index (κ1) is 16.7. The van der Waals surface area contributed by atoms with Gasteiger partial charge in [0.05, 0.1) is 24.1 Å². The number of nitrogens with one attached hydrogen (secondary N) is 1. The molecular weight excluding hydrogens is 350 g/mol. The number of anilines is 1. The number of aromatic nitrogens is 3. The first-order valence-electron chi connectivity index (χ1n) is 8.14. The number of hydrogen-bond donors (Lipinski definition) is 2. The number of rotatable bonds is 4. The number of hydroxylamine groups is 1. The van der Waals surface area contributed by atoms with Gasteiger partial charge in [0, 0.05) is 5.56 Å². The Hall–Kier alpha value is -3.72. The molecule has 1 aliphatic heterocycles. The van der Waals surface area contributed by atoms with Crippen LogP contribution in [0.25, 0.3) is 5.69 Å². The van der Waals surface area contributed by atoms with E-state index in [0.717, 1.165) is 5.69 Å². The lowest BCUT2D eigenvalue weighted by atomic mass is 10.1. The summed E-state index contributed by atoms with van der Waals surface area (Å²) in [7, 11) is 0. The van der Waals surface area contributed by atoms with Crippen LogP contribution in [-0.2, 0) is 11.3 Å². The van der Waals surface area contributed by atoms with E-state index in [0.29, 0.717) is 17.1 Å². The summed E-state index contributed by atoms with van der Waals surface area (Å²) >= 11 is 0. The maximum absolute atomic E-state index is 12.4. The van der Waals surface area contributed by atoms with Crippen molar-refractivity contribution in [3.63, 3.8) is 0 Å². The number of amides is 2. The van der Waals surface area contributed by atoms with Crippen molar-refractivity contribution >= 4 is 17.5 Å². The number of ether oxygens (including phenoxy) is 1. The Morgan fingerprint density at radius 3 is 2.81 bits per heavy atom. The molecule has 3 aromatic rings. The normalized spacial score (nSPS) is 13.1. The molecule has 0 saturated carbocycles. The Morgan fingerprint density at radius 1 is 1.22 bits per heavy atom. The Labute approximate surface area is 153 Å². The minimum atomic E-state index is -0.675. The highest BCUT2D eigenvalue weighted by atomic mass is 16.5. The molecule has 136 valence electrons. The maximum atomic E-state index is 12.4. The fourth-order valence-electron chi connectivity index (χ4n) is 2.80. The van der Waals surface area contributed by atoms with Gasteiger partial charge in [-0.2, -0.15) is 15.0 Å². The molecule has 0 unspecified atom stereocenters. The molecule has 2 N–H and O–H groups in total. The minimum absolute atomic E-state index is 0.106. The van der Waals surface area contributed by atoms with Gasteiger partial charge in [-0.1, -0.05) is 18.2 Å². The highest BCUT2D eigenvalue weighted by Crippen LogP contribution is 2.33. The molecule has 4 rings (SSSR count). The van der Waals surface area contributed by atoms with Gasteiger partial charge in [-0.05, 0) is 30.3 Å². The van der Waals surface area contributed by atoms with Gasteiger partial charge in [-0.3, -0.25) is 19.7 Å². The molecule has 0 radical (unpaired) electrons. The highest BCUT2D eigenvalue weighted by molar-refractivity contribution is 6.00. The van der Waals surface area contributed by atoms with Gasteiger partial charge in [-0.25, -0.2) is 5.48 Å². The zero-order chi connectivity index (χ0) is 18.8. The van der Waals surface area contributed by atoms with Crippen LogP contribution in [-0.4, -0.2) is 38.6 Å². The zero-order valence-corrected chi connectivity index (χ0v) is 14.1. The Morgan fingerprint density at radius 2 is 2.04 bits per heavy atom. The van der Waals surface area contributed by atoms with Crippen LogP contribution >= 0.6 is 0 Å². The predicted octanol–water partition coefficient (Wildman–Crippen LogP) is 1.31. The number of carbonyl (C=O) groups is 2. The highest BCUT2D eigenvalue weighted by Gasteiger charge is 2.27. The lowest BCUT2D eigenvalue weighted by Gasteiger charge is -2.29. The number of nitrogens with zero attached hydrogens (tertiary/aromatic N) is 4. The molecular formula is C18H15N5O4. The molecule has 0 atom stereocenters. The molecule has 0 aliphatic carbocycles. The molecule has 27 heavy (non-hydrogen) atoms. The van der Waals surface area contributed by atoms with Crippen LogP contribution < -0.4 is 15.1 Å². The Bertz CT molecular complexity index is 1000. The van der Waals surface area contributed by atoms with E-state index in [9.17, 15) is 9.59 Å². The second-order valence-electron chi connectivity index (χ2n) is 5.85. The fourth-order valence-corrected chi connectivity index (χ4v) is 2.80. The number of para-hydroxylation sites is 1. The first-order valence-corrected chi connectivity index (χ1v) is 8.14. The average Bonchev–Trinajstić information content (AvgIpc) is 3.18. The first-order chi connectivity index (χ1) is 13.2. The van der Waals surface area contributed by atoms with Crippen LogP contribution in [0.2, 0.25) is 0 Å². The zero-order valence-electron chi connectivity index (χ0n) is 14.1. The van der Waals surface area contributed by atoms with Crippen LogP contribution in [0, 0.1) is 0 Å². The van der Waals surface area contributed by atoms with Gasteiger partial charge in [-0.15, -0.1) is 0 Å². The molecule has 2 heterocycles. The van der Waals surface area contributed by atoms with Crippen LogP contribution in [0.3, 0.4) is 0 Å². The summed E-state index contributed by atoms with van der Waals surface area (Å²) in [5.41, 5.74) is 3.60. The number of benzene rings is 2. The SMILES string of the molecule is O=C(NO)c1ccc2c(c1)N(Cc1cnn(-c3ccccc3)n1)C(=O)CO2. The number of fused-ring (bicyclic) bond motifs is 1. The van der Waals surface area contributed by atoms with Crippen molar-refractivity contribution in [1.82, 2.24) is 20.5 Å². The largest absolute Gasteiger partial charge is 0.482 e. The molecule has 9 heteroatoms. The monoisotopic (exact) mass is 365 g/mol. The summed E-state index contributed by atoms with van der Waals surface area (Å²) in [5.74, 6) is -0.469. The molecule has 2 aromatic carbocycles. The average molecular weight is 365 g/mol. The van der Waals surface area contributed by atoms with Crippen molar-refractivity contribution in [2.75, 3.05) is 11.5 Å². The topological polar surface area (TPSA) is 110 Å². The van der Waals surface area contributed by atoms with E-state index in [4.69, 9.17) is 9.94 Å². The molecule has 0 fully saturated rings. The summed E-state index contributed by atoms with van der Waals surface area (Å²) in [6.45, 7) is 0.0671. The molecule has 0 spiro atoms. The van der Waals surface area contributed by atoms with E-state index < -0.39 is 5.91 Å². The summed E-state index contributed by atoms with van der Waals surface area (Å²) < 4.78 is 5.42. The molecule has 0 saturated heterocycles. The quantitative estimate of drug-likeness (QED) is 0.533. The van der Waals surface area contributed by atoms with Crippen molar-refractivity contribution in [2.24, 2.45) is 0 Å². The van der Waals surface area contributed by atoms with E-state index in [-0.39, 0.29) is 24.6 Å². The minimum Gasteiger partial charge on any atom is -0.482 e. The second kappa shape index (κ2) is 6.89. The van der Waals surface area contributed by atoms with Crippen LogP contribution in [0.15, 0.2) is 54.7 Å². The van der Waals surface area contributed by atoms with Gasteiger partial charge in [0.15, 0.2) is 6.61 Å². The van der Waals surface area contributed by atoms with Crippen molar-refractivity contribution < 1.29 is 19.5 Å². The van der Waals surface area contributed by atoms with Crippen LogP contribution in [0.4, 0.5) is 5.69 Å². The fraction of sp³-hybridized carbons (Fsp3) is 0.111. The van der Waals surface area contributed by atoms with Gasteiger partial charge in [0.25, 0.3) is 11.8 Å². The summed E-state index contributed by atoms with van der Waals surface area (Å²) in [4.78, 5) is 27.0. The molecule has 1 aromatic heterocycles. The smallest absolute Gasteiger partial charge is 0.274 e. The summed E-state index contributed by atoms with van der Waals surface area (Å²) in [6.07, 6.45) is 1.58. The third-order valence-electron chi connectivity index (χ3n) is 4.11. The van der Waals surface area contributed by atoms with E-state index >= 15 is 0 Å². The summed E-state index contributed by atoms with van der Waals surface area (Å²) in [6, 6.07) is 14.0. The Kier molecular flexibility index (Phi) is 4.27. The van der Waals surface area contributed by atoms with Crippen LogP contribution in [0.1, 0.15) is 16.1 Å². The third kappa shape index (κ3) is 3.23. The van der Waals surface area contributed by atoms with E-state index in [2.05, 4.69) is 10.2 Å². The van der Waals surface area contributed by atoms with Gasteiger partial charge < -0.3 is 4.74 Å². The van der Waals surface area contributed by atoms with Crippen molar-refractivity contribution in [1.29, 1.82) is 0 Å². The maximum Gasteiger partial charge on any atom is 0.274 e. The van der Waals surface area contributed by atoms with E-state index in [1.807, 2.05) is 30.3 Å². The van der Waals surface area contributed by atoms with Gasteiger partial charge in [0.2, 0.25) is 0 Å². The van der Waals surface area contributed by atoms with Crippen molar-refractivity contribution in [3.05, 3.63) is 66.0 Å². The van der Waals surface area contributed by atoms with Crippen molar-refractivity contribution in [3.8, 4) is 11.4 Å². The van der Waals surface area contributed by atoms with Crippen molar-refractivity contribution in [2.45, 2.75) is 6.54 Å². The number of hydrogen-bond acceptors (Lipinski definition) is 6. The number of carbonyl (C=O) groups excluding carboxylic acids is 2. The molecule has 2 amide bonds. The summed E-state index contributed by atoms with van der Waals surface area (Å²) in [5, 5.41) is 17.5. The Balaban J connectivity index is 1.64. The van der Waals surface area contributed by atoms with Gasteiger partial charge >= 0.3 is 0 Å². The van der Waals surface area contributed by atoms with E-state index in [1.165, 1.54) is 21.8 Å². The molecule has 1 aliphatic rings. The molecule has 9 nitrogen and oxygen atoms in total. The lowest BCUT2D eigenvalue weighted by molar-refractivity contribution is -0.121. The third-order valence-corrected chi connectivity index (χ3v) is 4.11. The molecule has 0 bridgehead atoms. The predicted molar refractivity (Wildman–Crippen MR) is 93.7 cm³/mol. The second-order valence-corrected chi connectivity index (χ2v) is 5.85. The van der Waals surface area contributed by atoms with E-state index in [1.54, 1.807) is 17.7 Å². The standard InChI is InChI=1S/C18H15N5O4/c24-17-11-27-16-7-6-12(18(25)21-26)8-15(16)22(17)10-13-9-19-23(20-13)14-4-2-1-3-5-14/h1-9,26H,10-11H2,(H,21,25). The lowest BCUT2D eigenvalue weighted by Crippen LogP contribution is -2.38.